The van der Waals surface area contributed by atoms with E-state index in [0.29, 0.717) is 10.6 Å². The number of hydrogen-bond donors (Lipinski definition) is 1. The van der Waals surface area contributed by atoms with Crippen LogP contribution in [0.25, 0.3) is 0 Å². The van der Waals surface area contributed by atoms with Gasteiger partial charge in [0.1, 0.15) is 0 Å². The number of H-pyrrole nitrogens is 1. The van der Waals surface area contributed by atoms with Gasteiger partial charge in [0.15, 0.2) is 0 Å². The Morgan fingerprint density at radius 3 is 2.69 bits per heavy atom. The van der Waals surface area contributed by atoms with E-state index in [1.54, 1.807) is 13.2 Å². The van der Waals surface area contributed by atoms with Gasteiger partial charge >= 0.3 is 11.2 Å². The Hall–Kier alpha value is -1.30. The number of pyridine rings is 1. The van der Waals surface area contributed by atoms with Crippen molar-refractivity contribution in [2.75, 3.05) is 6.26 Å². The summed E-state index contributed by atoms with van der Waals surface area (Å²) in [6, 6.07) is 1.29. The van der Waals surface area contributed by atoms with Crippen molar-refractivity contribution in [2.45, 2.75) is 11.8 Å². The van der Waals surface area contributed by atoms with Crippen LogP contribution in [0.5, 0.6) is 0 Å². The Morgan fingerprint density at radius 1 is 1.62 bits per heavy atom. The first kappa shape index (κ1) is 9.79. The minimum atomic E-state index is -0.683. The van der Waals surface area contributed by atoms with E-state index in [4.69, 9.17) is 0 Å². The molecule has 1 rings (SSSR count). The lowest BCUT2D eigenvalue weighted by atomic mass is 10.3. The molecule has 0 amide bonds. The average molecular weight is 200 g/mol. The highest BCUT2D eigenvalue weighted by Crippen LogP contribution is 2.19. The molecule has 0 spiro atoms. The summed E-state index contributed by atoms with van der Waals surface area (Å²) in [5, 5.41) is 10.4. The molecule has 0 aliphatic carbocycles. The van der Waals surface area contributed by atoms with E-state index in [1.165, 1.54) is 17.8 Å². The molecule has 0 saturated carbocycles. The molecular formula is C7H8N2O3S. The van der Waals surface area contributed by atoms with Crippen LogP contribution in [0.3, 0.4) is 0 Å². The minimum absolute atomic E-state index is 0.407. The topological polar surface area (TPSA) is 76.0 Å². The van der Waals surface area contributed by atoms with Crippen molar-refractivity contribution in [3.05, 3.63) is 32.2 Å². The molecule has 0 saturated heterocycles. The van der Waals surface area contributed by atoms with Crippen molar-refractivity contribution in [3.8, 4) is 0 Å². The zero-order valence-corrected chi connectivity index (χ0v) is 7.97. The van der Waals surface area contributed by atoms with E-state index < -0.39 is 16.2 Å². The van der Waals surface area contributed by atoms with E-state index in [9.17, 15) is 14.9 Å². The van der Waals surface area contributed by atoms with Gasteiger partial charge in [0.2, 0.25) is 0 Å². The fourth-order valence-electron chi connectivity index (χ4n) is 0.942. The number of aryl methyl sites for hydroxylation is 1. The van der Waals surface area contributed by atoms with E-state index >= 15 is 0 Å². The largest absolute Gasteiger partial charge is 0.335 e. The fourth-order valence-corrected chi connectivity index (χ4v) is 1.53. The lowest BCUT2D eigenvalue weighted by molar-refractivity contribution is -0.386. The molecule has 0 aromatic carbocycles. The number of hydrogen-bond acceptors (Lipinski definition) is 4. The van der Waals surface area contributed by atoms with Gasteiger partial charge in [0.25, 0.3) is 0 Å². The van der Waals surface area contributed by atoms with Crippen LogP contribution in [0.2, 0.25) is 0 Å². The van der Waals surface area contributed by atoms with Crippen molar-refractivity contribution in [2.24, 2.45) is 0 Å². The van der Waals surface area contributed by atoms with E-state index in [2.05, 4.69) is 4.98 Å². The van der Waals surface area contributed by atoms with Gasteiger partial charge in [-0.2, -0.15) is 0 Å². The number of thioether (sulfide) groups is 1. The third kappa shape index (κ3) is 1.89. The summed E-state index contributed by atoms with van der Waals surface area (Å²) in [4.78, 5) is 23.9. The third-order valence-corrected chi connectivity index (χ3v) is 2.45. The molecular weight excluding hydrogens is 192 g/mol. The number of rotatable bonds is 2. The molecule has 0 unspecified atom stereocenters. The van der Waals surface area contributed by atoms with Crippen molar-refractivity contribution >= 4 is 17.4 Å². The Balaban J connectivity index is 3.39. The molecule has 13 heavy (non-hydrogen) atoms. The predicted molar refractivity (Wildman–Crippen MR) is 50.2 cm³/mol. The Labute approximate surface area is 78.3 Å². The Kier molecular flexibility index (Phi) is 2.72. The highest BCUT2D eigenvalue weighted by molar-refractivity contribution is 7.98. The quantitative estimate of drug-likeness (QED) is 0.443. The molecule has 1 heterocycles. The van der Waals surface area contributed by atoms with Gasteiger partial charge in [-0.05, 0) is 13.2 Å². The fraction of sp³-hybridized carbons (Fsp3) is 0.286. The lowest BCUT2D eigenvalue weighted by Gasteiger charge is -2.00. The van der Waals surface area contributed by atoms with E-state index in [0.717, 1.165) is 0 Å². The molecule has 1 aromatic heterocycles. The SMILES string of the molecule is CSc1cc([N+](=O)[O-])c(=O)[nH]c1C. The molecule has 6 heteroatoms. The predicted octanol–water partition coefficient (Wildman–Crippen LogP) is 1.31. The minimum Gasteiger partial charge on any atom is -0.319 e. The lowest BCUT2D eigenvalue weighted by Crippen LogP contribution is -2.12. The molecule has 0 radical (unpaired) electrons. The first-order valence-electron chi connectivity index (χ1n) is 3.48. The maximum Gasteiger partial charge on any atom is 0.335 e. The van der Waals surface area contributed by atoms with Crippen LogP contribution < -0.4 is 5.56 Å². The molecule has 1 aromatic rings. The smallest absolute Gasteiger partial charge is 0.319 e. The molecule has 0 bridgehead atoms. The molecule has 0 aliphatic heterocycles. The van der Waals surface area contributed by atoms with Crippen LogP contribution in [-0.4, -0.2) is 16.2 Å². The highest BCUT2D eigenvalue weighted by Gasteiger charge is 2.14. The summed E-state index contributed by atoms with van der Waals surface area (Å²) >= 11 is 1.36. The summed E-state index contributed by atoms with van der Waals surface area (Å²) in [6.07, 6.45) is 1.80. The molecule has 0 fully saturated rings. The first-order valence-corrected chi connectivity index (χ1v) is 4.71. The van der Waals surface area contributed by atoms with Gasteiger partial charge in [0, 0.05) is 16.7 Å². The van der Waals surface area contributed by atoms with Gasteiger partial charge in [0.05, 0.1) is 4.92 Å². The third-order valence-electron chi connectivity index (χ3n) is 1.59. The van der Waals surface area contributed by atoms with Crippen LogP contribution >= 0.6 is 11.8 Å². The second kappa shape index (κ2) is 3.61. The van der Waals surface area contributed by atoms with Crippen LogP contribution in [-0.2, 0) is 0 Å². The van der Waals surface area contributed by atoms with Crippen molar-refractivity contribution in [1.82, 2.24) is 4.98 Å². The first-order chi connectivity index (χ1) is 6.06. The number of nitrogens with one attached hydrogen (secondary N) is 1. The number of aromatic nitrogens is 1. The van der Waals surface area contributed by atoms with Gasteiger partial charge in [-0.1, -0.05) is 0 Å². The van der Waals surface area contributed by atoms with Crippen molar-refractivity contribution in [1.29, 1.82) is 0 Å². The summed E-state index contributed by atoms with van der Waals surface area (Å²) in [6.45, 7) is 1.71. The molecule has 70 valence electrons. The summed E-state index contributed by atoms with van der Waals surface area (Å²) in [5.74, 6) is 0. The van der Waals surface area contributed by atoms with Crippen molar-refractivity contribution in [3.63, 3.8) is 0 Å². The number of nitrogens with zero attached hydrogens (tertiary/aromatic N) is 1. The van der Waals surface area contributed by atoms with Gasteiger partial charge in [-0.15, -0.1) is 11.8 Å². The summed E-state index contributed by atoms with van der Waals surface area (Å²) in [5.41, 5.74) is -0.404. The normalized spacial score (nSPS) is 10.0. The van der Waals surface area contributed by atoms with Crippen LogP contribution in [0.1, 0.15) is 5.69 Å². The summed E-state index contributed by atoms with van der Waals surface area (Å²) < 4.78 is 0. The van der Waals surface area contributed by atoms with Crippen LogP contribution in [0, 0.1) is 17.0 Å². The van der Waals surface area contributed by atoms with Crippen molar-refractivity contribution < 1.29 is 4.92 Å². The molecule has 1 N–H and O–H groups in total. The molecule has 0 atom stereocenters. The standard InChI is InChI=1S/C7H8N2O3S/c1-4-6(13-2)3-5(9(11)12)7(10)8-4/h3H,1-2H3,(H,8,10). The Morgan fingerprint density at radius 2 is 2.23 bits per heavy atom. The second-order valence-electron chi connectivity index (χ2n) is 2.43. The highest BCUT2D eigenvalue weighted by atomic mass is 32.2. The maximum absolute atomic E-state index is 11.0. The zero-order chi connectivity index (χ0) is 10.0. The van der Waals surface area contributed by atoms with Gasteiger partial charge in [-0.25, -0.2) is 0 Å². The van der Waals surface area contributed by atoms with Crippen LogP contribution in [0.15, 0.2) is 15.8 Å². The zero-order valence-electron chi connectivity index (χ0n) is 7.16. The molecule has 5 nitrogen and oxygen atoms in total. The number of aromatic amines is 1. The second-order valence-corrected chi connectivity index (χ2v) is 3.28. The average Bonchev–Trinajstić information content (AvgIpc) is 2.03. The van der Waals surface area contributed by atoms with Crippen LogP contribution in [0.4, 0.5) is 5.69 Å². The Bertz CT molecular complexity index is 399. The maximum atomic E-state index is 11.0. The van der Waals surface area contributed by atoms with Gasteiger partial charge in [-0.3, -0.25) is 14.9 Å². The van der Waals surface area contributed by atoms with E-state index in [1.807, 2.05) is 0 Å². The summed E-state index contributed by atoms with van der Waals surface area (Å²) in [7, 11) is 0. The monoisotopic (exact) mass is 200 g/mol. The van der Waals surface area contributed by atoms with Gasteiger partial charge < -0.3 is 4.98 Å². The molecule has 0 aliphatic rings. The van der Waals surface area contributed by atoms with E-state index in [-0.39, 0.29) is 0 Å². The number of nitro groups is 1.